The predicted octanol–water partition coefficient (Wildman–Crippen LogP) is 4.82. The van der Waals surface area contributed by atoms with Crippen LogP contribution >= 0.6 is 0 Å². The van der Waals surface area contributed by atoms with E-state index in [9.17, 15) is 0 Å². The minimum absolute atomic E-state index is 0. The molecular weight excluding hydrogens is 449 g/mol. The van der Waals surface area contributed by atoms with Gasteiger partial charge in [0.1, 0.15) is 0 Å². The van der Waals surface area contributed by atoms with E-state index in [4.69, 9.17) is 21.7 Å². The Morgan fingerprint density at radius 3 is 1.07 bits per heavy atom. The van der Waals surface area contributed by atoms with Crippen molar-refractivity contribution < 1.29 is 42.9 Å². The summed E-state index contributed by atoms with van der Waals surface area (Å²) in [6.07, 6.45) is 0.917. The van der Waals surface area contributed by atoms with E-state index < -0.39 is 0 Å². The van der Waals surface area contributed by atoms with Gasteiger partial charge in [0.2, 0.25) is 0 Å². The third kappa shape index (κ3) is 10.7. The van der Waals surface area contributed by atoms with Crippen LogP contribution in [0.5, 0.6) is 11.5 Å². The van der Waals surface area contributed by atoms with Gasteiger partial charge >= 0.3 is 0 Å². The first-order valence-corrected chi connectivity index (χ1v) is 9.02. The van der Waals surface area contributed by atoms with E-state index in [1.54, 1.807) is 48.5 Å². The molecule has 6 N–H and O–H groups in total. The first-order valence-electron chi connectivity index (χ1n) is 9.02. The van der Waals surface area contributed by atoms with Crippen molar-refractivity contribution in [3.8, 4) is 11.5 Å². The zero-order valence-corrected chi connectivity index (χ0v) is 19.4. The summed E-state index contributed by atoms with van der Waals surface area (Å²) in [5.41, 5.74) is 15.4. The quantitative estimate of drug-likeness (QED) is 0.248. The Hall–Kier alpha value is -2.82. The third-order valence-electron chi connectivity index (χ3n) is 3.77. The summed E-state index contributed by atoms with van der Waals surface area (Å²) in [5.74, 6) is 0.581. The number of phenols is 2. The molecule has 4 aromatic rings. The first-order chi connectivity index (χ1) is 14.0. The second-order valence-corrected chi connectivity index (χ2v) is 6.18. The molecule has 1 radical (unpaired) electrons. The molecule has 4 rings (SSSR count). The molecule has 0 saturated heterocycles. The molecule has 0 aliphatic rings. The second-order valence-electron chi connectivity index (χ2n) is 6.18. The van der Waals surface area contributed by atoms with Crippen LogP contribution in [0.4, 0.5) is 11.4 Å². The van der Waals surface area contributed by atoms with Crippen LogP contribution in [0, 0.1) is 12.1 Å². The van der Waals surface area contributed by atoms with Crippen molar-refractivity contribution in [2.75, 3.05) is 11.5 Å². The molecule has 0 heterocycles. The summed E-state index contributed by atoms with van der Waals surface area (Å²) < 4.78 is 0. The standard InChI is InChI=1S/C13H14N2.2C6H5O.Y/c14-12-5-1-10(2-6-12)9-11-3-7-13(15)8-4-11;2*7-6-4-2-1-3-5-6;/h1-8H,9,14-15H2;2*2-5,7H;/q;2*-1;. The molecule has 0 saturated carbocycles. The van der Waals surface area contributed by atoms with E-state index in [2.05, 4.69) is 12.1 Å². The Balaban J connectivity index is 0.000000251. The Morgan fingerprint density at radius 2 is 0.833 bits per heavy atom. The van der Waals surface area contributed by atoms with E-state index in [0.29, 0.717) is 11.5 Å². The first kappa shape index (κ1) is 25.2. The van der Waals surface area contributed by atoms with Gasteiger partial charge in [-0.25, -0.2) is 0 Å². The van der Waals surface area contributed by atoms with Crippen molar-refractivity contribution in [1.29, 1.82) is 0 Å². The average molecular weight is 473 g/mol. The van der Waals surface area contributed by atoms with E-state index in [1.165, 1.54) is 11.1 Å². The van der Waals surface area contributed by atoms with Gasteiger partial charge in [0, 0.05) is 55.6 Å². The summed E-state index contributed by atoms with van der Waals surface area (Å²) >= 11 is 0. The van der Waals surface area contributed by atoms with Gasteiger partial charge in [-0.1, -0.05) is 24.3 Å². The maximum Gasteiger partial charge on any atom is 0.0314 e. The van der Waals surface area contributed by atoms with Crippen LogP contribution in [0.2, 0.25) is 0 Å². The van der Waals surface area contributed by atoms with Gasteiger partial charge in [-0.15, -0.1) is 24.3 Å². The smallest absolute Gasteiger partial charge is 0.0314 e. The zero-order chi connectivity index (χ0) is 20.9. The van der Waals surface area contributed by atoms with Crippen LogP contribution in [0.1, 0.15) is 11.1 Å². The maximum atomic E-state index is 8.61. The van der Waals surface area contributed by atoms with Gasteiger partial charge in [0.15, 0.2) is 0 Å². The van der Waals surface area contributed by atoms with Crippen molar-refractivity contribution in [3.63, 3.8) is 0 Å². The number of phenolic OH excluding ortho intramolecular Hbond substituents is 2. The number of anilines is 2. The van der Waals surface area contributed by atoms with Crippen molar-refractivity contribution in [3.05, 3.63) is 120 Å². The van der Waals surface area contributed by atoms with Crippen molar-refractivity contribution in [2.45, 2.75) is 6.42 Å². The van der Waals surface area contributed by atoms with Crippen LogP contribution in [-0.2, 0) is 39.1 Å². The number of nitrogen functional groups attached to an aromatic ring is 2. The summed E-state index contributed by atoms with van der Waals surface area (Å²) in [5, 5.41) is 17.2. The predicted molar refractivity (Wildman–Crippen MR) is 118 cm³/mol. The van der Waals surface area contributed by atoms with Crippen LogP contribution in [0.15, 0.2) is 97.1 Å². The molecule has 0 aromatic heterocycles. The van der Waals surface area contributed by atoms with Crippen LogP contribution in [0.3, 0.4) is 0 Å². The van der Waals surface area contributed by atoms with Gasteiger partial charge in [-0.3, -0.25) is 0 Å². The molecule has 30 heavy (non-hydrogen) atoms. The number of benzene rings is 4. The van der Waals surface area contributed by atoms with Crippen LogP contribution in [-0.4, -0.2) is 10.2 Å². The summed E-state index contributed by atoms with van der Waals surface area (Å²) in [7, 11) is 0. The van der Waals surface area contributed by atoms with Gasteiger partial charge in [-0.2, -0.15) is 36.4 Å². The fraction of sp³-hybridized carbons (Fsp3) is 0.0400. The summed E-state index contributed by atoms with van der Waals surface area (Å²) in [4.78, 5) is 0. The molecule has 151 valence electrons. The number of nitrogens with two attached hydrogens (primary N) is 2. The molecular formula is C25H24N2O2Y-2. The topological polar surface area (TPSA) is 92.5 Å². The van der Waals surface area contributed by atoms with Gasteiger partial charge in [0.05, 0.1) is 0 Å². The van der Waals surface area contributed by atoms with E-state index in [0.717, 1.165) is 17.8 Å². The van der Waals surface area contributed by atoms with Gasteiger partial charge < -0.3 is 21.7 Å². The fourth-order valence-electron chi connectivity index (χ4n) is 2.26. The molecule has 4 nitrogen and oxygen atoms in total. The molecule has 0 amide bonds. The minimum atomic E-state index is 0. The fourth-order valence-corrected chi connectivity index (χ4v) is 2.26. The average Bonchev–Trinajstić information content (AvgIpc) is 2.74. The van der Waals surface area contributed by atoms with Crippen molar-refractivity contribution in [2.24, 2.45) is 0 Å². The Labute approximate surface area is 203 Å². The number of hydrogen-bond acceptors (Lipinski definition) is 4. The molecule has 0 fully saturated rings. The molecule has 0 aliphatic carbocycles. The minimum Gasteiger partial charge on any atom is -0.533 e. The molecule has 5 heteroatoms. The summed E-state index contributed by atoms with van der Waals surface area (Å²) in [6.45, 7) is 0. The van der Waals surface area contributed by atoms with Crippen molar-refractivity contribution >= 4 is 11.4 Å². The largest absolute Gasteiger partial charge is 0.533 e. The maximum absolute atomic E-state index is 8.61. The second kappa shape index (κ2) is 14.2. The molecule has 0 aliphatic heterocycles. The molecule has 0 bridgehead atoms. The number of aromatic hydroxyl groups is 2. The SMILES string of the molecule is Nc1ccc(Cc2ccc(N)cc2)cc1.Oc1cc[c-]cc1.Oc1cc[c-]cc1.[Y]. The molecule has 4 aromatic carbocycles. The summed E-state index contributed by atoms with van der Waals surface area (Å²) in [6, 6.07) is 34.4. The molecule has 0 unspecified atom stereocenters. The molecule has 0 spiro atoms. The Morgan fingerprint density at radius 1 is 0.533 bits per heavy atom. The number of hydrogen-bond donors (Lipinski definition) is 4. The normalized spacial score (nSPS) is 9.07. The van der Waals surface area contributed by atoms with Crippen LogP contribution < -0.4 is 11.5 Å². The van der Waals surface area contributed by atoms with Crippen LogP contribution in [0.25, 0.3) is 0 Å². The van der Waals surface area contributed by atoms with E-state index >= 15 is 0 Å². The third-order valence-corrected chi connectivity index (χ3v) is 3.77. The monoisotopic (exact) mass is 473 g/mol. The van der Waals surface area contributed by atoms with Gasteiger partial charge in [-0.05, 0) is 41.8 Å². The van der Waals surface area contributed by atoms with E-state index in [-0.39, 0.29) is 32.7 Å². The Kier molecular flexibility index (Phi) is 11.9. The van der Waals surface area contributed by atoms with Gasteiger partial charge in [0.25, 0.3) is 0 Å². The number of rotatable bonds is 2. The molecule has 0 atom stereocenters. The zero-order valence-electron chi connectivity index (χ0n) is 16.6. The Bertz CT molecular complexity index is 865. The van der Waals surface area contributed by atoms with Crippen molar-refractivity contribution in [1.82, 2.24) is 0 Å². The van der Waals surface area contributed by atoms with E-state index in [1.807, 2.05) is 48.5 Å².